The van der Waals surface area contributed by atoms with Crippen LogP contribution in [0.15, 0.2) is 18.2 Å². The fourth-order valence-electron chi connectivity index (χ4n) is 1.20. The quantitative estimate of drug-likeness (QED) is 0.768. The summed E-state index contributed by atoms with van der Waals surface area (Å²) in [7, 11) is 0. The molecule has 0 heterocycles. The number of aryl methyl sites for hydroxylation is 1. The average molecular weight is 185 g/mol. The minimum absolute atomic E-state index is 0.288. The van der Waals surface area contributed by atoms with Gasteiger partial charge in [0.25, 0.3) is 0 Å². The normalized spacial score (nSPS) is 11.1. The van der Waals surface area contributed by atoms with E-state index in [-0.39, 0.29) is 6.04 Å². The van der Waals surface area contributed by atoms with Gasteiger partial charge in [-0.15, -0.1) is 0 Å². The Bertz CT molecular complexity index is 410. The minimum Gasteiger partial charge on any atom is -0.369 e. The van der Waals surface area contributed by atoms with Crippen LogP contribution in [-0.4, -0.2) is 6.04 Å². The van der Waals surface area contributed by atoms with Crippen molar-refractivity contribution in [3.63, 3.8) is 0 Å². The second-order valence-electron chi connectivity index (χ2n) is 3.10. The van der Waals surface area contributed by atoms with Crippen molar-refractivity contribution in [3.05, 3.63) is 29.3 Å². The highest BCUT2D eigenvalue weighted by Gasteiger charge is 2.06. The summed E-state index contributed by atoms with van der Waals surface area (Å²) >= 11 is 0. The van der Waals surface area contributed by atoms with Gasteiger partial charge in [-0.3, -0.25) is 0 Å². The molecule has 0 saturated heterocycles. The molecule has 14 heavy (non-hydrogen) atoms. The molecule has 0 radical (unpaired) electrons. The molecule has 1 unspecified atom stereocenters. The highest BCUT2D eigenvalue weighted by Crippen LogP contribution is 2.18. The van der Waals surface area contributed by atoms with Gasteiger partial charge in [-0.25, -0.2) is 0 Å². The molecule has 0 spiro atoms. The van der Waals surface area contributed by atoms with Gasteiger partial charge in [0.15, 0.2) is 0 Å². The predicted octanol–water partition coefficient (Wildman–Crippen LogP) is 2.19. The summed E-state index contributed by atoms with van der Waals surface area (Å²) in [6.45, 7) is 3.63. The van der Waals surface area contributed by atoms with Crippen LogP contribution >= 0.6 is 0 Å². The van der Waals surface area contributed by atoms with Gasteiger partial charge in [0, 0.05) is 0 Å². The van der Waals surface area contributed by atoms with Crippen molar-refractivity contribution in [2.45, 2.75) is 19.9 Å². The number of hydrogen-bond donors (Lipinski definition) is 1. The topological polar surface area (TPSA) is 59.6 Å². The molecule has 0 aliphatic heterocycles. The van der Waals surface area contributed by atoms with Crippen molar-refractivity contribution in [1.29, 1.82) is 10.5 Å². The van der Waals surface area contributed by atoms with E-state index in [1.165, 1.54) is 0 Å². The third-order valence-electron chi connectivity index (χ3n) is 1.95. The van der Waals surface area contributed by atoms with E-state index >= 15 is 0 Å². The molecule has 3 heteroatoms. The molecule has 0 amide bonds. The molecule has 1 rings (SSSR count). The molecule has 0 aliphatic rings. The molecular weight excluding hydrogens is 174 g/mol. The van der Waals surface area contributed by atoms with E-state index < -0.39 is 0 Å². The first-order chi connectivity index (χ1) is 6.69. The van der Waals surface area contributed by atoms with Gasteiger partial charge in [0.1, 0.15) is 12.1 Å². The number of nitrogens with zero attached hydrogens (tertiary/aromatic N) is 2. The lowest BCUT2D eigenvalue weighted by molar-refractivity contribution is 1.01. The van der Waals surface area contributed by atoms with E-state index in [1.807, 2.05) is 19.1 Å². The Balaban J connectivity index is 3.05. The van der Waals surface area contributed by atoms with Crippen molar-refractivity contribution in [1.82, 2.24) is 0 Å². The van der Waals surface area contributed by atoms with E-state index in [0.717, 1.165) is 11.3 Å². The summed E-state index contributed by atoms with van der Waals surface area (Å²) in [4.78, 5) is 0. The van der Waals surface area contributed by atoms with Crippen LogP contribution in [0.5, 0.6) is 0 Å². The molecule has 0 aromatic heterocycles. The molecule has 1 atom stereocenters. The Kier molecular flexibility index (Phi) is 3.09. The van der Waals surface area contributed by atoms with Crippen LogP contribution in [0.25, 0.3) is 0 Å². The summed E-state index contributed by atoms with van der Waals surface area (Å²) in [6, 6.07) is 9.44. The largest absolute Gasteiger partial charge is 0.369 e. The molecular formula is C11H11N3. The monoisotopic (exact) mass is 185 g/mol. The van der Waals surface area contributed by atoms with Crippen LogP contribution < -0.4 is 5.32 Å². The van der Waals surface area contributed by atoms with E-state index in [2.05, 4.69) is 17.5 Å². The number of benzene rings is 1. The van der Waals surface area contributed by atoms with Crippen LogP contribution in [0, 0.1) is 29.6 Å². The van der Waals surface area contributed by atoms with Crippen LogP contribution in [-0.2, 0) is 0 Å². The van der Waals surface area contributed by atoms with Gasteiger partial charge in [-0.05, 0) is 25.5 Å². The van der Waals surface area contributed by atoms with Gasteiger partial charge in [-0.2, -0.15) is 10.5 Å². The van der Waals surface area contributed by atoms with Gasteiger partial charge in [0.05, 0.1) is 17.3 Å². The molecule has 1 aromatic rings. The standard InChI is InChI=1S/C11H11N3/c1-8-4-3-5-11(10(8)7-13)14-9(2)6-12/h3-5,9,14H,1-2H3. The first-order valence-corrected chi connectivity index (χ1v) is 4.35. The molecule has 0 saturated carbocycles. The fourth-order valence-corrected chi connectivity index (χ4v) is 1.20. The van der Waals surface area contributed by atoms with Gasteiger partial charge < -0.3 is 5.32 Å². The lowest BCUT2D eigenvalue weighted by atomic mass is 10.1. The third-order valence-corrected chi connectivity index (χ3v) is 1.95. The summed E-state index contributed by atoms with van der Waals surface area (Å²) < 4.78 is 0. The number of hydrogen-bond acceptors (Lipinski definition) is 3. The van der Waals surface area contributed by atoms with E-state index in [4.69, 9.17) is 10.5 Å². The first kappa shape index (κ1) is 10.1. The van der Waals surface area contributed by atoms with Crippen molar-refractivity contribution in [3.8, 4) is 12.1 Å². The summed E-state index contributed by atoms with van der Waals surface area (Å²) in [5.41, 5.74) is 2.25. The predicted molar refractivity (Wildman–Crippen MR) is 54.6 cm³/mol. The lowest BCUT2D eigenvalue weighted by Crippen LogP contribution is -2.13. The van der Waals surface area contributed by atoms with Crippen molar-refractivity contribution in [2.24, 2.45) is 0 Å². The summed E-state index contributed by atoms with van der Waals surface area (Å²) in [5.74, 6) is 0. The molecule has 0 bridgehead atoms. The molecule has 1 N–H and O–H groups in total. The number of nitriles is 2. The first-order valence-electron chi connectivity index (χ1n) is 4.35. The SMILES string of the molecule is Cc1cccc(NC(C)C#N)c1C#N. The lowest BCUT2D eigenvalue weighted by Gasteiger charge is -2.10. The zero-order valence-corrected chi connectivity index (χ0v) is 8.20. The second kappa shape index (κ2) is 4.30. The maximum absolute atomic E-state index is 8.91. The van der Waals surface area contributed by atoms with Crippen LogP contribution in [0.4, 0.5) is 5.69 Å². The number of rotatable bonds is 2. The Hall–Kier alpha value is -2.00. The minimum atomic E-state index is -0.288. The number of anilines is 1. The van der Waals surface area contributed by atoms with Crippen molar-refractivity contribution >= 4 is 5.69 Å². The van der Waals surface area contributed by atoms with E-state index in [0.29, 0.717) is 5.56 Å². The molecule has 1 aromatic carbocycles. The Morgan fingerprint density at radius 2 is 2.07 bits per heavy atom. The average Bonchev–Trinajstić information content (AvgIpc) is 2.18. The second-order valence-corrected chi connectivity index (χ2v) is 3.10. The van der Waals surface area contributed by atoms with Crippen molar-refractivity contribution < 1.29 is 0 Å². The fraction of sp³-hybridized carbons (Fsp3) is 0.273. The molecule has 3 nitrogen and oxygen atoms in total. The summed E-state index contributed by atoms with van der Waals surface area (Å²) in [6.07, 6.45) is 0. The van der Waals surface area contributed by atoms with Gasteiger partial charge >= 0.3 is 0 Å². The van der Waals surface area contributed by atoms with Crippen LogP contribution in [0.1, 0.15) is 18.1 Å². The highest BCUT2D eigenvalue weighted by molar-refractivity contribution is 5.61. The number of nitrogens with one attached hydrogen (secondary N) is 1. The third kappa shape index (κ3) is 2.02. The van der Waals surface area contributed by atoms with Crippen molar-refractivity contribution in [2.75, 3.05) is 5.32 Å². The van der Waals surface area contributed by atoms with E-state index in [9.17, 15) is 0 Å². The van der Waals surface area contributed by atoms with Gasteiger partial charge in [0.2, 0.25) is 0 Å². The molecule has 70 valence electrons. The smallest absolute Gasteiger partial charge is 0.111 e. The van der Waals surface area contributed by atoms with Crippen LogP contribution in [0.3, 0.4) is 0 Å². The maximum Gasteiger partial charge on any atom is 0.111 e. The van der Waals surface area contributed by atoms with Crippen LogP contribution in [0.2, 0.25) is 0 Å². The Labute approximate surface area is 83.6 Å². The summed E-state index contributed by atoms with van der Waals surface area (Å²) in [5, 5.41) is 20.5. The Morgan fingerprint density at radius 1 is 1.36 bits per heavy atom. The maximum atomic E-state index is 8.91. The Morgan fingerprint density at radius 3 is 2.64 bits per heavy atom. The zero-order valence-electron chi connectivity index (χ0n) is 8.20. The van der Waals surface area contributed by atoms with E-state index in [1.54, 1.807) is 13.0 Å². The molecule has 0 aliphatic carbocycles. The van der Waals surface area contributed by atoms with Gasteiger partial charge in [-0.1, -0.05) is 12.1 Å². The molecule has 0 fully saturated rings. The highest BCUT2D eigenvalue weighted by atomic mass is 14.9. The zero-order chi connectivity index (χ0) is 10.6.